The molecule has 0 heterocycles. The number of ether oxygens (including phenoxy) is 1. The van der Waals surface area contributed by atoms with Gasteiger partial charge in [-0.15, -0.1) is 0 Å². The third-order valence-corrected chi connectivity index (χ3v) is 8.72. The maximum Gasteiger partial charge on any atom is 0.338 e. The van der Waals surface area contributed by atoms with E-state index in [0.717, 1.165) is 23.5 Å². The minimum atomic E-state index is -2.86. The van der Waals surface area contributed by atoms with E-state index in [1.54, 1.807) is 12.1 Å². The van der Waals surface area contributed by atoms with Gasteiger partial charge in [0.2, 0.25) is 0 Å². The highest BCUT2D eigenvalue weighted by Crippen LogP contribution is 2.46. The van der Waals surface area contributed by atoms with Crippen molar-refractivity contribution < 1.29 is 14.1 Å². The van der Waals surface area contributed by atoms with E-state index in [-0.39, 0.29) is 18.0 Å². The zero-order valence-corrected chi connectivity index (χ0v) is 18.5. The first-order valence-electron chi connectivity index (χ1n) is 10.5. The molecular weight excluding hydrogens is 391 g/mol. The Morgan fingerprint density at radius 1 is 0.833 bits per heavy atom. The largest absolute Gasteiger partial charge is 0.458 e. The van der Waals surface area contributed by atoms with Gasteiger partial charge in [0.15, 0.2) is 0 Å². The summed E-state index contributed by atoms with van der Waals surface area (Å²) < 4.78 is 20.2. The van der Waals surface area contributed by atoms with Crippen molar-refractivity contribution in [2.45, 2.75) is 32.8 Å². The van der Waals surface area contributed by atoms with E-state index in [1.165, 1.54) is 0 Å². The molecule has 30 heavy (non-hydrogen) atoms. The highest BCUT2D eigenvalue weighted by Gasteiger charge is 2.33. The fraction of sp³-hybridized carbons (Fsp3) is 0.269. The third-order valence-electron chi connectivity index (χ3n) is 5.37. The number of esters is 1. The van der Waals surface area contributed by atoms with Crippen molar-refractivity contribution in [1.82, 2.24) is 0 Å². The lowest BCUT2D eigenvalue weighted by molar-refractivity contribution is 0.0161. The summed E-state index contributed by atoms with van der Waals surface area (Å²) in [4.78, 5) is 12.6. The molecular formula is C26H29O3P. The van der Waals surface area contributed by atoms with Gasteiger partial charge in [0, 0.05) is 22.7 Å². The van der Waals surface area contributed by atoms with Gasteiger partial charge in [-0.05, 0) is 18.6 Å². The molecule has 156 valence electrons. The molecule has 0 amide bonds. The topological polar surface area (TPSA) is 43.4 Å². The van der Waals surface area contributed by atoms with Gasteiger partial charge in [-0.25, -0.2) is 4.79 Å². The van der Waals surface area contributed by atoms with Crippen LogP contribution in [0.4, 0.5) is 0 Å². The van der Waals surface area contributed by atoms with E-state index in [9.17, 15) is 9.36 Å². The van der Waals surface area contributed by atoms with E-state index >= 15 is 0 Å². The summed E-state index contributed by atoms with van der Waals surface area (Å²) >= 11 is 0. The average Bonchev–Trinajstić information content (AvgIpc) is 2.80. The lowest BCUT2D eigenvalue weighted by Gasteiger charge is -2.28. The molecule has 0 bridgehead atoms. The molecule has 0 unspecified atom stereocenters. The van der Waals surface area contributed by atoms with Gasteiger partial charge in [-0.2, -0.15) is 0 Å². The number of carbonyl (C=O) groups is 1. The van der Waals surface area contributed by atoms with Crippen molar-refractivity contribution in [2.75, 3.05) is 6.16 Å². The van der Waals surface area contributed by atoms with Crippen molar-refractivity contribution in [2.24, 2.45) is 5.92 Å². The Kier molecular flexibility index (Phi) is 7.65. The van der Waals surface area contributed by atoms with Crippen molar-refractivity contribution in [3.8, 4) is 0 Å². The van der Waals surface area contributed by atoms with Crippen LogP contribution in [0.3, 0.4) is 0 Å². The Morgan fingerprint density at radius 2 is 1.30 bits per heavy atom. The summed E-state index contributed by atoms with van der Waals surface area (Å²) in [5.74, 6) is -0.376. The summed E-state index contributed by atoms with van der Waals surface area (Å²) in [7, 11) is -2.86. The smallest absolute Gasteiger partial charge is 0.338 e. The molecule has 4 heteroatoms. The molecule has 3 aromatic carbocycles. The Labute approximate surface area is 179 Å². The van der Waals surface area contributed by atoms with Crippen molar-refractivity contribution in [3.63, 3.8) is 0 Å². The van der Waals surface area contributed by atoms with Crippen LogP contribution in [0.1, 0.15) is 37.0 Å². The SMILES string of the molecule is CCC[C@@H](OC(=O)c1ccccc1)[C@@H](C)CP(=O)(c1ccccc1)c1ccccc1. The minimum absolute atomic E-state index is 0.0520. The minimum Gasteiger partial charge on any atom is -0.458 e. The number of carbonyl (C=O) groups excluding carboxylic acids is 1. The zero-order chi connectivity index (χ0) is 21.4. The van der Waals surface area contributed by atoms with Gasteiger partial charge in [0.1, 0.15) is 13.2 Å². The second-order valence-corrected chi connectivity index (χ2v) is 10.5. The molecule has 0 aliphatic heterocycles. The Morgan fingerprint density at radius 3 is 1.77 bits per heavy atom. The van der Waals surface area contributed by atoms with Crippen molar-refractivity contribution >= 4 is 23.7 Å². The van der Waals surface area contributed by atoms with Crippen molar-refractivity contribution in [3.05, 3.63) is 96.6 Å². The molecule has 0 aliphatic rings. The van der Waals surface area contributed by atoms with Crippen LogP contribution in [0, 0.1) is 5.92 Å². The maximum absolute atomic E-state index is 14.4. The van der Waals surface area contributed by atoms with Crippen LogP contribution >= 0.6 is 7.14 Å². The molecule has 0 saturated carbocycles. The highest BCUT2D eigenvalue weighted by atomic mass is 31.2. The predicted octanol–water partition coefficient (Wildman–Crippen LogP) is 5.66. The quantitative estimate of drug-likeness (QED) is 0.331. The highest BCUT2D eigenvalue weighted by molar-refractivity contribution is 7.78. The number of benzene rings is 3. The summed E-state index contributed by atoms with van der Waals surface area (Å²) in [5.41, 5.74) is 0.542. The standard InChI is InChI=1S/C26H29O3P/c1-3-13-25(29-26(27)22-14-7-4-8-15-22)21(2)20-30(28,23-16-9-5-10-17-23)24-18-11-6-12-19-24/h4-12,14-19,21,25H,3,13,20H2,1-2H3/t21-,25+/m0/s1. The average molecular weight is 420 g/mol. The molecule has 0 saturated heterocycles. The molecule has 0 aliphatic carbocycles. The van der Waals surface area contributed by atoms with E-state index in [0.29, 0.717) is 11.7 Å². The summed E-state index contributed by atoms with van der Waals surface area (Å²) in [6.45, 7) is 4.11. The lowest BCUT2D eigenvalue weighted by atomic mass is 10.0. The number of rotatable bonds is 9. The van der Waals surface area contributed by atoms with Gasteiger partial charge < -0.3 is 9.30 Å². The third kappa shape index (κ3) is 5.29. The molecule has 3 aromatic rings. The van der Waals surface area contributed by atoms with Gasteiger partial charge in [0.05, 0.1) is 5.56 Å². The normalized spacial score (nSPS) is 13.4. The summed E-state index contributed by atoms with van der Waals surface area (Å²) in [5, 5.41) is 1.68. The fourth-order valence-corrected chi connectivity index (χ4v) is 6.82. The Hall–Kier alpha value is -2.64. The number of hydrogen-bond acceptors (Lipinski definition) is 3. The Balaban J connectivity index is 1.87. The van der Waals surface area contributed by atoms with Crippen LogP contribution in [0.15, 0.2) is 91.0 Å². The van der Waals surface area contributed by atoms with E-state index in [4.69, 9.17) is 4.74 Å². The molecule has 0 spiro atoms. The molecule has 3 nitrogen and oxygen atoms in total. The van der Waals surface area contributed by atoms with E-state index < -0.39 is 7.14 Å². The lowest BCUT2D eigenvalue weighted by Crippen LogP contribution is -2.31. The first kappa shape index (κ1) is 22.1. The summed E-state index contributed by atoms with van der Waals surface area (Å²) in [6, 6.07) is 28.4. The first-order valence-corrected chi connectivity index (χ1v) is 12.4. The van der Waals surface area contributed by atoms with Crippen LogP contribution in [-0.4, -0.2) is 18.2 Å². The molecule has 0 radical (unpaired) electrons. The monoisotopic (exact) mass is 420 g/mol. The molecule has 2 atom stereocenters. The molecule has 0 N–H and O–H groups in total. The van der Waals surface area contributed by atoms with Gasteiger partial charge in [-0.3, -0.25) is 0 Å². The van der Waals surface area contributed by atoms with Crippen molar-refractivity contribution in [1.29, 1.82) is 0 Å². The van der Waals surface area contributed by atoms with Crippen LogP contribution in [0.25, 0.3) is 0 Å². The maximum atomic E-state index is 14.4. The molecule has 0 aromatic heterocycles. The summed E-state index contributed by atoms with van der Waals surface area (Å²) in [6.07, 6.45) is 1.79. The number of hydrogen-bond donors (Lipinski definition) is 0. The van der Waals surface area contributed by atoms with Crippen LogP contribution in [0.2, 0.25) is 0 Å². The van der Waals surface area contributed by atoms with Crippen LogP contribution < -0.4 is 10.6 Å². The van der Waals surface area contributed by atoms with E-state index in [2.05, 4.69) is 6.92 Å². The molecule has 0 fully saturated rings. The van der Waals surface area contributed by atoms with Gasteiger partial charge >= 0.3 is 5.97 Å². The Bertz CT molecular complexity index is 927. The first-order chi connectivity index (χ1) is 14.5. The van der Waals surface area contributed by atoms with Crippen LogP contribution in [0.5, 0.6) is 0 Å². The molecule has 3 rings (SSSR count). The predicted molar refractivity (Wildman–Crippen MR) is 124 cm³/mol. The van der Waals surface area contributed by atoms with Crippen LogP contribution in [-0.2, 0) is 9.30 Å². The second-order valence-electron chi connectivity index (χ2n) is 7.67. The second kappa shape index (κ2) is 10.4. The zero-order valence-electron chi connectivity index (χ0n) is 17.6. The van der Waals surface area contributed by atoms with Gasteiger partial charge in [-0.1, -0.05) is 99.1 Å². The fourth-order valence-electron chi connectivity index (χ4n) is 3.74. The van der Waals surface area contributed by atoms with E-state index in [1.807, 2.05) is 85.8 Å². The van der Waals surface area contributed by atoms with Gasteiger partial charge in [0.25, 0.3) is 0 Å².